The first kappa shape index (κ1) is 21.2. The second-order valence-corrected chi connectivity index (χ2v) is 7.85. The number of methoxy groups -OCH3 is 1. The Morgan fingerprint density at radius 1 is 0.559 bits per heavy atom. The molecular weight excluding hydrogens is 424 g/mol. The highest BCUT2D eigenvalue weighted by molar-refractivity contribution is 6.30. The van der Waals surface area contributed by atoms with Crippen LogP contribution >= 0.6 is 0 Å². The lowest BCUT2D eigenvalue weighted by atomic mass is 9.84. The van der Waals surface area contributed by atoms with Gasteiger partial charge in [0.05, 0.1) is 7.11 Å². The first-order chi connectivity index (χ1) is 16.7. The number of hydrogen-bond acceptors (Lipinski definition) is 5. The summed E-state index contributed by atoms with van der Waals surface area (Å²) in [7, 11) is 1.59. The largest absolute Gasteiger partial charge is 0.497 e. The Balaban J connectivity index is 1.64. The number of ketones is 2. The Bertz CT molecular complexity index is 1390. The number of benzene rings is 4. The lowest BCUT2D eigenvalue weighted by Gasteiger charge is -2.25. The highest BCUT2D eigenvalue weighted by Crippen LogP contribution is 2.35. The van der Waals surface area contributed by atoms with E-state index in [2.05, 4.69) is 10.6 Å². The van der Waals surface area contributed by atoms with Gasteiger partial charge in [-0.25, -0.2) is 0 Å². The summed E-state index contributed by atoms with van der Waals surface area (Å²) in [6, 6.07) is 31.6. The molecule has 1 aliphatic carbocycles. The number of allylic oxidation sites excluding steroid dienone is 2. The minimum absolute atomic E-state index is 0.205. The van der Waals surface area contributed by atoms with Gasteiger partial charge in [-0.2, -0.15) is 0 Å². The zero-order chi connectivity index (χ0) is 23.5. The maximum absolute atomic E-state index is 13.9. The third-order valence-electron chi connectivity index (χ3n) is 5.73. The molecule has 0 aliphatic heterocycles. The highest BCUT2D eigenvalue weighted by atomic mass is 16.5. The normalized spacial score (nSPS) is 12.9. The predicted molar refractivity (Wildman–Crippen MR) is 134 cm³/mol. The topological polar surface area (TPSA) is 67.4 Å². The van der Waals surface area contributed by atoms with Gasteiger partial charge >= 0.3 is 0 Å². The number of anilines is 2. The van der Waals surface area contributed by atoms with Crippen molar-refractivity contribution in [3.8, 4) is 16.9 Å². The van der Waals surface area contributed by atoms with Crippen LogP contribution in [0, 0.1) is 0 Å². The van der Waals surface area contributed by atoms with Crippen molar-refractivity contribution in [1.29, 1.82) is 0 Å². The quantitative estimate of drug-likeness (QED) is 0.370. The average molecular weight is 447 g/mol. The molecule has 0 atom stereocenters. The molecular formula is C29H22N2O3. The molecule has 0 saturated carbocycles. The minimum atomic E-state index is -0.248. The van der Waals surface area contributed by atoms with Crippen molar-refractivity contribution in [1.82, 2.24) is 0 Å². The van der Waals surface area contributed by atoms with Crippen molar-refractivity contribution in [2.24, 2.45) is 0 Å². The van der Waals surface area contributed by atoms with Crippen molar-refractivity contribution in [2.75, 3.05) is 17.7 Å². The van der Waals surface area contributed by atoms with Gasteiger partial charge in [-0.3, -0.25) is 9.59 Å². The van der Waals surface area contributed by atoms with Crippen LogP contribution in [-0.2, 0) is 0 Å². The number of fused-ring (bicyclic) bond motifs is 1. The molecule has 0 spiro atoms. The number of ether oxygens (including phenoxy) is 1. The van der Waals surface area contributed by atoms with E-state index in [1.807, 2.05) is 72.8 Å². The van der Waals surface area contributed by atoms with Gasteiger partial charge in [-0.15, -0.1) is 0 Å². The van der Waals surface area contributed by atoms with Crippen LogP contribution in [0.15, 0.2) is 115 Å². The average Bonchev–Trinajstić information content (AvgIpc) is 2.90. The molecule has 0 heterocycles. The van der Waals surface area contributed by atoms with E-state index in [0.717, 1.165) is 11.1 Å². The monoisotopic (exact) mass is 446 g/mol. The van der Waals surface area contributed by atoms with Crippen LogP contribution in [0.2, 0.25) is 0 Å². The summed E-state index contributed by atoms with van der Waals surface area (Å²) in [5.74, 6) is 0.210. The van der Waals surface area contributed by atoms with E-state index >= 15 is 0 Å². The van der Waals surface area contributed by atoms with Gasteiger partial charge in [0.1, 0.15) is 17.1 Å². The summed E-state index contributed by atoms with van der Waals surface area (Å²) < 4.78 is 5.23. The summed E-state index contributed by atoms with van der Waals surface area (Å²) in [5, 5.41) is 6.37. The lowest BCUT2D eigenvalue weighted by Crippen LogP contribution is -2.30. The molecule has 0 fully saturated rings. The van der Waals surface area contributed by atoms with Gasteiger partial charge in [-0.05, 0) is 47.5 Å². The molecule has 0 aromatic heterocycles. The van der Waals surface area contributed by atoms with E-state index in [1.165, 1.54) is 0 Å². The van der Waals surface area contributed by atoms with E-state index in [0.29, 0.717) is 28.3 Å². The van der Waals surface area contributed by atoms with Crippen molar-refractivity contribution in [2.45, 2.75) is 0 Å². The highest BCUT2D eigenvalue weighted by Gasteiger charge is 2.34. The van der Waals surface area contributed by atoms with Crippen molar-refractivity contribution in [3.05, 3.63) is 126 Å². The fourth-order valence-corrected chi connectivity index (χ4v) is 4.05. The van der Waals surface area contributed by atoms with Crippen LogP contribution < -0.4 is 15.4 Å². The maximum Gasteiger partial charge on any atom is 0.212 e. The van der Waals surface area contributed by atoms with Gasteiger partial charge in [0, 0.05) is 22.5 Å². The number of carbonyl (C=O) groups excluding carboxylic acids is 2. The minimum Gasteiger partial charge on any atom is -0.497 e. The van der Waals surface area contributed by atoms with Crippen molar-refractivity contribution < 1.29 is 14.3 Å². The third kappa shape index (κ3) is 3.95. The molecule has 5 rings (SSSR count). The van der Waals surface area contributed by atoms with Gasteiger partial charge in [0.15, 0.2) is 0 Å². The Morgan fingerprint density at radius 2 is 1.12 bits per heavy atom. The first-order valence-corrected chi connectivity index (χ1v) is 10.9. The Labute approximate surface area is 197 Å². The fraction of sp³-hybridized carbons (Fsp3) is 0.0345. The molecule has 34 heavy (non-hydrogen) atoms. The molecule has 0 unspecified atom stereocenters. The molecule has 0 saturated heterocycles. The number of nitrogens with one attached hydrogen (secondary N) is 2. The molecule has 5 heteroatoms. The summed E-state index contributed by atoms with van der Waals surface area (Å²) in [6.45, 7) is 0. The van der Waals surface area contributed by atoms with E-state index in [-0.39, 0.29) is 23.0 Å². The van der Waals surface area contributed by atoms with E-state index in [4.69, 9.17) is 4.74 Å². The lowest BCUT2D eigenvalue weighted by molar-refractivity contribution is 0.0977. The predicted octanol–water partition coefficient (Wildman–Crippen LogP) is 6.18. The summed E-state index contributed by atoms with van der Waals surface area (Å²) in [5.41, 5.74) is 4.19. The zero-order valence-corrected chi connectivity index (χ0v) is 18.5. The smallest absolute Gasteiger partial charge is 0.212 e. The summed E-state index contributed by atoms with van der Waals surface area (Å²) in [6.07, 6.45) is 0. The van der Waals surface area contributed by atoms with E-state index in [9.17, 15) is 9.59 Å². The van der Waals surface area contributed by atoms with Crippen LogP contribution in [0.4, 0.5) is 11.4 Å². The second-order valence-electron chi connectivity index (χ2n) is 7.85. The van der Waals surface area contributed by atoms with Gasteiger partial charge < -0.3 is 15.4 Å². The number of para-hydroxylation sites is 1. The van der Waals surface area contributed by atoms with Crippen LogP contribution in [0.5, 0.6) is 5.75 Å². The standard InChI is InChI=1S/C29H22N2O3/c1-34-22-17-15-21(16-18-22)31-26-27(30-20-11-6-3-7-12-20)29(33)25-23(19-9-4-2-5-10-19)13-8-14-24(25)28(26)32/h2-18,30-31H,1H3. The fourth-order valence-electron chi connectivity index (χ4n) is 4.05. The molecule has 4 aromatic carbocycles. The molecule has 0 radical (unpaired) electrons. The maximum atomic E-state index is 13.9. The number of carbonyl (C=O) groups is 2. The van der Waals surface area contributed by atoms with Crippen LogP contribution in [0.1, 0.15) is 20.7 Å². The number of Topliss-reactive ketones (excluding diaryl/α,β-unsaturated/α-hetero) is 2. The number of hydrogen-bond donors (Lipinski definition) is 2. The Hall–Kier alpha value is -4.64. The third-order valence-corrected chi connectivity index (χ3v) is 5.73. The van der Waals surface area contributed by atoms with Crippen molar-refractivity contribution in [3.63, 3.8) is 0 Å². The number of rotatable bonds is 6. The zero-order valence-electron chi connectivity index (χ0n) is 18.5. The Morgan fingerprint density at radius 3 is 1.76 bits per heavy atom. The van der Waals surface area contributed by atoms with Gasteiger partial charge in [0.2, 0.25) is 11.6 Å². The molecule has 2 N–H and O–H groups in total. The van der Waals surface area contributed by atoms with Gasteiger partial charge in [0.25, 0.3) is 0 Å². The van der Waals surface area contributed by atoms with E-state index in [1.54, 1.807) is 37.4 Å². The molecule has 1 aliphatic rings. The first-order valence-electron chi connectivity index (χ1n) is 10.9. The molecule has 0 amide bonds. The summed E-state index contributed by atoms with van der Waals surface area (Å²) in [4.78, 5) is 27.7. The molecule has 0 bridgehead atoms. The Kier molecular flexibility index (Phi) is 5.67. The summed E-state index contributed by atoms with van der Waals surface area (Å²) >= 11 is 0. The molecule has 4 aromatic rings. The van der Waals surface area contributed by atoms with Gasteiger partial charge in [-0.1, -0.05) is 66.7 Å². The van der Waals surface area contributed by atoms with Crippen LogP contribution in [0.3, 0.4) is 0 Å². The van der Waals surface area contributed by atoms with Crippen LogP contribution in [0.25, 0.3) is 11.1 Å². The molecule has 5 nitrogen and oxygen atoms in total. The molecule has 166 valence electrons. The second kappa shape index (κ2) is 9.08. The SMILES string of the molecule is COc1ccc(NC2=C(Nc3ccccc3)C(=O)c3c(cccc3-c3ccccc3)C2=O)cc1. The van der Waals surface area contributed by atoms with E-state index < -0.39 is 0 Å². The van der Waals surface area contributed by atoms with Crippen LogP contribution in [-0.4, -0.2) is 18.7 Å². The van der Waals surface area contributed by atoms with Crippen molar-refractivity contribution >= 4 is 22.9 Å².